The van der Waals surface area contributed by atoms with Crippen molar-refractivity contribution >= 4 is 5.78 Å². The molecule has 3 nitrogen and oxygen atoms in total. The molecule has 0 saturated carbocycles. The number of aromatic nitrogens is 3. The van der Waals surface area contributed by atoms with E-state index in [1.807, 2.05) is 29.8 Å². The van der Waals surface area contributed by atoms with Gasteiger partial charge in [-0.1, -0.05) is 6.92 Å². The highest BCUT2D eigenvalue weighted by Gasteiger charge is 2.00. The summed E-state index contributed by atoms with van der Waals surface area (Å²) in [6, 6.07) is 1.99. The molecule has 0 aromatic carbocycles. The third kappa shape index (κ3) is 0.978. The van der Waals surface area contributed by atoms with Gasteiger partial charge in [-0.3, -0.25) is 4.40 Å². The van der Waals surface area contributed by atoms with E-state index in [0.29, 0.717) is 0 Å². The molecule has 2 rings (SSSR count). The molecule has 0 saturated heterocycles. The van der Waals surface area contributed by atoms with Gasteiger partial charge in [-0.15, -0.1) is 0 Å². The number of hydrogen-bond donors (Lipinski definition) is 0. The van der Waals surface area contributed by atoms with Crippen molar-refractivity contribution in [2.24, 2.45) is 0 Å². The molecule has 62 valence electrons. The van der Waals surface area contributed by atoms with Gasteiger partial charge in [0.1, 0.15) is 0 Å². The van der Waals surface area contributed by atoms with E-state index in [1.165, 1.54) is 5.69 Å². The van der Waals surface area contributed by atoms with Gasteiger partial charge in [0.25, 0.3) is 0 Å². The molecule has 0 bridgehead atoms. The Hall–Kier alpha value is -1.38. The summed E-state index contributed by atoms with van der Waals surface area (Å²) < 4.78 is 2.02. The highest BCUT2D eigenvalue weighted by molar-refractivity contribution is 5.32. The first-order valence-corrected chi connectivity index (χ1v) is 4.11. The van der Waals surface area contributed by atoms with Gasteiger partial charge in [0.05, 0.1) is 6.20 Å². The Bertz CT molecular complexity index is 403. The fraction of sp³-hybridized carbons (Fsp3) is 0.333. The average molecular weight is 161 g/mol. The first-order valence-electron chi connectivity index (χ1n) is 4.11. The first-order chi connectivity index (χ1) is 5.81. The normalized spacial score (nSPS) is 10.8. The van der Waals surface area contributed by atoms with Gasteiger partial charge in [0, 0.05) is 17.6 Å². The molecule has 0 aliphatic carbocycles. The number of nitrogens with zero attached hydrogens (tertiary/aromatic N) is 3. The maximum Gasteiger partial charge on any atom is 0.234 e. The van der Waals surface area contributed by atoms with Crippen molar-refractivity contribution in [1.29, 1.82) is 0 Å². The molecule has 0 N–H and O–H groups in total. The molecule has 2 aromatic heterocycles. The van der Waals surface area contributed by atoms with E-state index in [9.17, 15) is 0 Å². The number of fused-ring (bicyclic) bond motifs is 1. The van der Waals surface area contributed by atoms with Crippen LogP contribution in [-0.2, 0) is 6.42 Å². The van der Waals surface area contributed by atoms with Crippen LogP contribution in [0.2, 0.25) is 0 Å². The van der Waals surface area contributed by atoms with Crippen molar-refractivity contribution in [3.8, 4) is 0 Å². The van der Waals surface area contributed by atoms with Crippen molar-refractivity contribution in [1.82, 2.24) is 14.4 Å². The Labute approximate surface area is 71.1 Å². The van der Waals surface area contributed by atoms with E-state index in [0.717, 1.165) is 17.9 Å². The van der Waals surface area contributed by atoms with Crippen LogP contribution in [0.5, 0.6) is 0 Å². The van der Waals surface area contributed by atoms with E-state index in [1.54, 1.807) is 0 Å². The van der Waals surface area contributed by atoms with Crippen LogP contribution in [0.4, 0.5) is 0 Å². The number of imidazole rings is 1. The van der Waals surface area contributed by atoms with E-state index in [-0.39, 0.29) is 0 Å². The van der Waals surface area contributed by atoms with Gasteiger partial charge in [0.2, 0.25) is 5.78 Å². The number of rotatable bonds is 1. The third-order valence-electron chi connectivity index (χ3n) is 1.96. The third-order valence-corrected chi connectivity index (χ3v) is 1.96. The predicted molar refractivity (Wildman–Crippen MR) is 47.1 cm³/mol. The van der Waals surface area contributed by atoms with Gasteiger partial charge >= 0.3 is 0 Å². The molecule has 0 aliphatic heterocycles. The molecule has 3 heteroatoms. The minimum Gasteiger partial charge on any atom is -0.288 e. The van der Waals surface area contributed by atoms with Gasteiger partial charge in [-0.25, -0.2) is 9.97 Å². The summed E-state index contributed by atoms with van der Waals surface area (Å²) in [6.45, 7) is 4.09. The molecule has 0 fully saturated rings. The minimum atomic E-state index is 0.798. The van der Waals surface area contributed by atoms with Crippen molar-refractivity contribution in [2.45, 2.75) is 20.3 Å². The first kappa shape index (κ1) is 7.28. The molecule has 0 unspecified atom stereocenters. The van der Waals surface area contributed by atoms with Crippen LogP contribution in [-0.4, -0.2) is 14.4 Å². The molecular formula is C9H11N3. The summed E-state index contributed by atoms with van der Waals surface area (Å²) in [4.78, 5) is 8.50. The van der Waals surface area contributed by atoms with Gasteiger partial charge in [-0.2, -0.15) is 0 Å². The topological polar surface area (TPSA) is 30.2 Å². The zero-order chi connectivity index (χ0) is 8.55. The zero-order valence-electron chi connectivity index (χ0n) is 7.28. The highest BCUT2D eigenvalue weighted by Crippen LogP contribution is 2.05. The highest BCUT2D eigenvalue weighted by atomic mass is 15.1. The van der Waals surface area contributed by atoms with Crippen LogP contribution in [0, 0.1) is 6.92 Å². The van der Waals surface area contributed by atoms with Gasteiger partial charge in [-0.05, 0) is 19.4 Å². The van der Waals surface area contributed by atoms with Gasteiger partial charge < -0.3 is 0 Å². The van der Waals surface area contributed by atoms with Gasteiger partial charge in [0.15, 0.2) is 0 Å². The SMILES string of the molecule is CCc1cnc2nc(C)ccn12. The second kappa shape index (κ2) is 2.59. The Morgan fingerprint density at radius 1 is 1.50 bits per heavy atom. The predicted octanol–water partition coefficient (Wildman–Crippen LogP) is 1.60. The summed E-state index contributed by atoms with van der Waals surface area (Å²) >= 11 is 0. The van der Waals surface area contributed by atoms with Crippen molar-refractivity contribution in [2.75, 3.05) is 0 Å². The monoisotopic (exact) mass is 161 g/mol. The standard InChI is InChI=1S/C9H11N3/c1-3-8-6-10-9-11-7(2)4-5-12(8)9/h4-6H,3H2,1-2H3. The molecular weight excluding hydrogens is 150 g/mol. The molecule has 0 atom stereocenters. The van der Waals surface area contributed by atoms with E-state index < -0.39 is 0 Å². The van der Waals surface area contributed by atoms with Crippen LogP contribution in [0.15, 0.2) is 18.5 Å². The lowest BCUT2D eigenvalue weighted by Gasteiger charge is -1.97. The Morgan fingerprint density at radius 2 is 2.33 bits per heavy atom. The van der Waals surface area contributed by atoms with Crippen molar-refractivity contribution in [3.63, 3.8) is 0 Å². The molecule has 2 aromatic rings. The summed E-state index contributed by atoms with van der Waals surface area (Å²) in [5.74, 6) is 0.798. The van der Waals surface area contributed by atoms with Crippen molar-refractivity contribution in [3.05, 3.63) is 29.8 Å². The molecule has 0 radical (unpaired) electrons. The molecule has 0 amide bonds. The quantitative estimate of drug-likeness (QED) is 0.636. The summed E-state index contributed by atoms with van der Waals surface area (Å²) in [5.41, 5.74) is 2.22. The second-order valence-electron chi connectivity index (χ2n) is 2.84. The summed E-state index contributed by atoms with van der Waals surface area (Å²) in [6.07, 6.45) is 4.89. The molecule has 2 heterocycles. The number of aryl methyl sites for hydroxylation is 2. The Kier molecular flexibility index (Phi) is 1.57. The maximum atomic E-state index is 4.30. The molecule has 0 spiro atoms. The largest absolute Gasteiger partial charge is 0.288 e. The van der Waals surface area contributed by atoms with E-state index in [4.69, 9.17) is 0 Å². The Balaban J connectivity index is 2.73. The molecule has 12 heavy (non-hydrogen) atoms. The van der Waals surface area contributed by atoms with E-state index >= 15 is 0 Å². The average Bonchev–Trinajstić information content (AvgIpc) is 2.46. The smallest absolute Gasteiger partial charge is 0.234 e. The minimum absolute atomic E-state index is 0.798. The lowest BCUT2D eigenvalue weighted by atomic mass is 10.4. The fourth-order valence-electron chi connectivity index (χ4n) is 1.27. The second-order valence-corrected chi connectivity index (χ2v) is 2.84. The molecule has 0 aliphatic rings. The number of hydrogen-bond acceptors (Lipinski definition) is 2. The Morgan fingerprint density at radius 3 is 3.08 bits per heavy atom. The maximum absolute atomic E-state index is 4.30. The van der Waals surface area contributed by atoms with Crippen LogP contribution in [0.3, 0.4) is 0 Å². The summed E-state index contributed by atoms with van der Waals surface area (Å²) in [7, 11) is 0. The fourth-order valence-corrected chi connectivity index (χ4v) is 1.27. The lowest BCUT2D eigenvalue weighted by Crippen LogP contribution is -1.93. The van der Waals surface area contributed by atoms with Crippen LogP contribution >= 0.6 is 0 Å². The lowest BCUT2D eigenvalue weighted by molar-refractivity contribution is 0.968. The van der Waals surface area contributed by atoms with Crippen LogP contribution in [0.25, 0.3) is 5.78 Å². The zero-order valence-corrected chi connectivity index (χ0v) is 7.28. The van der Waals surface area contributed by atoms with Crippen LogP contribution < -0.4 is 0 Å². The van der Waals surface area contributed by atoms with Crippen molar-refractivity contribution < 1.29 is 0 Å². The van der Waals surface area contributed by atoms with Crippen LogP contribution in [0.1, 0.15) is 18.3 Å². The van der Waals surface area contributed by atoms with E-state index in [2.05, 4.69) is 16.9 Å². The summed E-state index contributed by atoms with van der Waals surface area (Å²) in [5, 5.41) is 0.